The Morgan fingerprint density at radius 1 is 1.05 bits per heavy atom. The van der Waals surface area contributed by atoms with Crippen molar-refractivity contribution in [2.24, 2.45) is 5.73 Å². The average Bonchev–Trinajstić information content (AvgIpc) is 2.90. The van der Waals surface area contributed by atoms with Crippen LogP contribution >= 0.6 is 0 Å². The first-order chi connectivity index (χ1) is 9.86. The van der Waals surface area contributed by atoms with E-state index in [0.29, 0.717) is 6.54 Å². The van der Waals surface area contributed by atoms with Crippen molar-refractivity contribution in [1.82, 2.24) is 9.78 Å². The van der Waals surface area contributed by atoms with E-state index < -0.39 is 0 Å². The Kier molecular flexibility index (Phi) is 3.49. The molecule has 3 rings (SSSR count). The first-order valence-corrected chi connectivity index (χ1v) is 6.55. The molecule has 0 aliphatic carbocycles. The van der Waals surface area contributed by atoms with Gasteiger partial charge in [0, 0.05) is 10.9 Å². The van der Waals surface area contributed by atoms with Crippen molar-refractivity contribution in [3.63, 3.8) is 0 Å². The molecule has 3 aromatic rings. The van der Waals surface area contributed by atoms with Crippen molar-refractivity contribution in [3.8, 4) is 11.8 Å². The molecule has 0 unspecified atom stereocenters. The molecule has 2 aromatic carbocycles. The highest BCUT2D eigenvalue weighted by atomic mass is 15.3. The molecule has 1 heterocycles. The summed E-state index contributed by atoms with van der Waals surface area (Å²) in [5.41, 5.74) is 8.71. The summed E-state index contributed by atoms with van der Waals surface area (Å²) in [7, 11) is 0. The van der Waals surface area contributed by atoms with Crippen molar-refractivity contribution in [2.45, 2.75) is 6.54 Å². The van der Waals surface area contributed by atoms with Gasteiger partial charge in [-0.2, -0.15) is 5.10 Å². The Morgan fingerprint density at radius 2 is 1.85 bits per heavy atom. The molecule has 20 heavy (non-hydrogen) atoms. The molecule has 98 valence electrons. The fourth-order valence-corrected chi connectivity index (χ4v) is 2.17. The van der Waals surface area contributed by atoms with Crippen LogP contribution in [0.1, 0.15) is 11.1 Å². The number of nitrogens with two attached hydrogens (primary N) is 1. The molecule has 0 amide bonds. The number of hydrogen-bond acceptors (Lipinski definition) is 2. The molecular weight excluding hydrogens is 246 g/mol. The van der Waals surface area contributed by atoms with E-state index in [4.69, 9.17) is 5.73 Å². The number of nitrogens with zero attached hydrogens (tertiary/aromatic N) is 2. The third-order valence-corrected chi connectivity index (χ3v) is 3.17. The van der Waals surface area contributed by atoms with Gasteiger partial charge in [0.2, 0.25) is 0 Å². The van der Waals surface area contributed by atoms with E-state index in [9.17, 15) is 0 Å². The summed E-state index contributed by atoms with van der Waals surface area (Å²) < 4.78 is 2.01. The third-order valence-electron chi connectivity index (χ3n) is 3.17. The van der Waals surface area contributed by atoms with Crippen LogP contribution in [0.2, 0.25) is 0 Å². The molecule has 0 bridgehead atoms. The van der Waals surface area contributed by atoms with Gasteiger partial charge in [0.05, 0.1) is 24.8 Å². The fourth-order valence-electron chi connectivity index (χ4n) is 2.17. The largest absolute Gasteiger partial charge is 0.320 e. The standard InChI is InChI=1S/C17H15N3/c18-11-3-4-14-7-9-15(10-8-14)13-20-17-6-2-1-5-16(17)12-19-20/h1-2,5-10,12H,11,13,18H2. The molecule has 3 nitrogen and oxygen atoms in total. The topological polar surface area (TPSA) is 43.8 Å². The van der Waals surface area contributed by atoms with Crippen LogP contribution in [0.5, 0.6) is 0 Å². The van der Waals surface area contributed by atoms with Crippen molar-refractivity contribution >= 4 is 10.9 Å². The van der Waals surface area contributed by atoms with Gasteiger partial charge in [-0.05, 0) is 23.8 Å². The molecular formula is C17H15N3. The molecule has 1 aromatic heterocycles. The number of rotatable bonds is 2. The zero-order valence-corrected chi connectivity index (χ0v) is 11.1. The lowest BCUT2D eigenvalue weighted by atomic mass is 10.1. The summed E-state index contributed by atoms with van der Waals surface area (Å²) in [5, 5.41) is 5.60. The smallest absolute Gasteiger partial charge is 0.0686 e. The number of benzene rings is 2. The zero-order chi connectivity index (χ0) is 13.8. The van der Waals surface area contributed by atoms with E-state index in [2.05, 4.69) is 41.2 Å². The Bertz CT molecular complexity index is 773. The van der Waals surface area contributed by atoms with Crippen LogP contribution in [0.25, 0.3) is 10.9 Å². The van der Waals surface area contributed by atoms with Crippen LogP contribution in [0.3, 0.4) is 0 Å². The summed E-state index contributed by atoms with van der Waals surface area (Å²) in [6.45, 7) is 1.15. The number of fused-ring (bicyclic) bond motifs is 1. The van der Waals surface area contributed by atoms with Gasteiger partial charge in [0.15, 0.2) is 0 Å². The van der Waals surface area contributed by atoms with Gasteiger partial charge in [-0.25, -0.2) is 0 Å². The van der Waals surface area contributed by atoms with Crippen LogP contribution in [0, 0.1) is 11.8 Å². The van der Waals surface area contributed by atoms with Gasteiger partial charge >= 0.3 is 0 Å². The highest BCUT2D eigenvalue weighted by molar-refractivity contribution is 5.78. The fraction of sp³-hybridized carbons (Fsp3) is 0.118. The first kappa shape index (κ1) is 12.5. The van der Waals surface area contributed by atoms with Crippen LogP contribution in [0.15, 0.2) is 54.7 Å². The molecule has 2 N–H and O–H groups in total. The predicted octanol–water partition coefficient (Wildman–Crippen LogP) is 2.39. The lowest BCUT2D eigenvalue weighted by molar-refractivity contribution is 0.712. The SMILES string of the molecule is NCC#Cc1ccc(Cn2ncc3ccccc32)cc1. The van der Waals surface area contributed by atoms with Gasteiger partial charge in [-0.1, -0.05) is 42.2 Å². The predicted molar refractivity (Wildman–Crippen MR) is 81.2 cm³/mol. The van der Waals surface area contributed by atoms with Crippen LogP contribution in [-0.2, 0) is 6.54 Å². The number of hydrogen-bond donors (Lipinski definition) is 1. The maximum Gasteiger partial charge on any atom is 0.0686 e. The normalized spacial score (nSPS) is 10.2. The van der Waals surface area contributed by atoms with E-state index in [1.54, 1.807) is 0 Å². The minimum atomic E-state index is 0.390. The van der Waals surface area contributed by atoms with Crippen molar-refractivity contribution < 1.29 is 0 Å². The van der Waals surface area contributed by atoms with Gasteiger partial charge < -0.3 is 5.73 Å². The number of para-hydroxylation sites is 1. The Balaban J connectivity index is 1.84. The van der Waals surface area contributed by atoms with E-state index in [1.807, 2.05) is 35.1 Å². The third kappa shape index (κ3) is 2.56. The second kappa shape index (κ2) is 5.60. The van der Waals surface area contributed by atoms with E-state index in [-0.39, 0.29) is 0 Å². The average molecular weight is 261 g/mol. The Morgan fingerprint density at radius 3 is 2.65 bits per heavy atom. The van der Waals surface area contributed by atoms with E-state index in [0.717, 1.165) is 23.0 Å². The summed E-state index contributed by atoms with van der Waals surface area (Å²) in [6.07, 6.45) is 1.90. The first-order valence-electron chi connectivity index (χ1n) is 6.55. The minimum absolute atomic E-state index is 0.390. The van der Waals surface area contributed by atoms with Gasteiger partial charge in [-0.15, -0.1) is 0 Å². The molecule has 0 spiro atoms. The molecule has 0 fully saturated rings. The van der Waals surface area contributed by atoms with Gasteiger partial charge in [0.25, 0.3) is 0 Å². The van der Waals surface area contributed by atoms with Gasteiger partial charge in [0.1, 0.15) is 0 Å². The summed E-state index contributed by atoms with van der Waals surface area (Å²) in [5.74, 6) is 5.88. The summed E-state index contributed by atoms with van der Waals surface area (Å²) in [6, 6.07) is 16.4. The zero-order valence-electron chi connectivity index (χ0n) is 11.1. The second-order valence-corrected chi connectivity index (χ2v) is 4.56. The van der Waals surface area contributed by atoms with E-state index in [1.165, 1.54) is 5.56 Å². The van der Waals surface area contributed by atoms with Crippen LogP contribution in [-0.4, -0.2) is 16.3 Å². The second-order valence-electron chi connectivity index (χ2n) is 4.56. The molecule has 0 atom stereocenters. The lowest BCUT2D eigenvalue weighted by Crippen LogP contribution is -2.01. The molecule has 0 radical (unpaired) electrons. The summed E-state index contributed by atoms with van der Waals surface area (Å²) in [4.78, 5) is 0. The monoisotopic (exact) mass is 261 g/mol. The van der Waals surface area contributed by atoms with E-state index >= 15 is 0 Å². The molecule has 0 saturated heterocycles. The summed E-state index contributed by atoms with van der Waals surface area (Å²) >= 11 is 0. The van der Waals surface area contributed by atoms with Crippen LogP contribution < -0.4 is 5.73 Å². The van der Waals surface area contributed by atoms with Crippen molar-refractivity contribution in [2.75, 3.05) is 6.54 Å². The molecule has 0 saturated carbocycles. The quantitative estimate of drug-likeness (QED) is 0.720. The Labute approximate surface area is 118 Å². The maximum absolute atomic E-state index is 5.36. The number of aromatic nitrogens is 2. The maximum atomic E-state index is 5.36. The minimum Gasteiger partial charge on any atom is -0.320 e. The van der Waals surface area contributed by atoms with Crippen LogP contribution in [0.4, 0.5) is 0 Å². The molecule has 0 aliphatic heterocycles. The van der Waals surface area contributed by atoms with Crippen molar-refractivity contribution in [3.05, 3.63) is 65.9 Å². The highest BCUT2D eigenvalue weighted by Crippen LogP contribution is 2.14. The lowest BCUT2D eigenvalue weighted by Gasteiger charge is -2.04. The van der Waals surface area contributed by atoms with Gasteiger partial charge in [-0.3, -0.25) is 4.68 Å². The van der Waals surface area contributed by atoms with Crippen molar-refractivity contribution in [1.29, 1.82) is 0 Å². The highest BCUT2D eigenvalue weighted by Gasteiger charge is 2.02. The Hall–Kier alpha value is -2.57. The molecule has 3 heteroatoms. The molecule has 0 aliphatic rings.